The van der Waals surface area contributed by atoms with Crippen LogP contribution >= 0.6 is 0 Å². The van der Waals surface area contributed by atoms with Crippen molar-refractivity contribution in [2.24, 2.45) is 0 Å². The highest BCUT2D eigenvalue weighted by Gasteiger charge is 2.11. The molecule has 0 spiro atoms. The number of fused-ring (bicyclic) bond motifs is 1. The molecule has 6 heteroatoms. The lowest BCUT2D eigenvalue weighted by Crippen LogP contribution is -2.22. The smallest absolute Gasteiger partial charge is 0.307 e. The molecule has 2 aromatic carbocycles. The number of nitrogens with one attached hydrogen (secondary N) is 1. The maximum Gasteiger partial charge on any atom is 0.307 e. The van der Waals surface area contributed by atoms with Crippen LogP contribution in [0.2, 0.25) is 0 Å². The highest BCUT2D eigenvalue weighted by Crippen LogP contribution is 2.25. The zero-order valence-electron chi connectivity index (χ0n) is 14.2. The van der Waals surface area contributed by atoms with E-state index in [1.807, 2.05) is 24.3 Å². The average Bonchev–Trinajstić information content (AvgIpc) is 2.65. The van der Waals surface area contributed by atoms with E-state index in [9.17, 15) is 9.59 Å². The van der Waals surface area contributed by atoms with Crippen LogP contribution in [-0.4, -0.2) is 29.1 Å². The maximum atomic E-state index is 12.5. The van der Waals surface area contributed by atoms with E-state index in [1.54, 1.807) is 37.6 Å². The van der Waals surface area contributed by atoms with Crippen LogP contribution in [0.3, 0.4) is 0 Å². The topological polar surface area (TPSA) is 88.5 Å². The molecule has 0 saturated carbocycles. The number of carboxylic acids is 1. The van der Waals surface area contributed by atoms with Gasteiger partial charge in [-0.15, -0.1) is 0 Å². The minimum atomic E-state index is -0.870. The fourth-order valence-electron chi connectivity index (χ4n) is 2.68. The minimum Gasteiger partial charge on any atom is -0.494 e. The molecule has 0 bridgehead atoms. The van der Waals surface area contributed by atoms with E-state index < -0.39 is 5.97 Å². The van der Waals surface area contributed by atoms with Gasteiger partial charge in [-0.2, -0.15) is 0 Å². The number of hydrogen-bond donors (Lipinski definition) is 2. The Kier molecular flexibility index (Phi) is 5.12. The SMILES string of the molecule is COc1cc(C(=O)NCc2ccc(CC(=O)O)cc2)cc2cccnc12. The molecule has 0 aliphatic rings. The summed E-state index contributed by atoms with van der Waals surface area (Å²) in [5.41, 5.74) is 2.81. The van der Waals surface area contributed by atoms with Gasteiger partial charge >= 0.3 is 5.97 Å². The van der Waals surface area contributed by atoms with Gasteiger partial charge in [-0.1, -0.05) is 30.3 Å². The van der Waals surface area contributed by atoms with Gasteiger partial charge in [0.2, 0.25) is 0 Å². The predicted octanol–water partition coefficient (Wildman–Crippen LogP) is 2.80. The number of amides is 1. The zero-order valence-corrected chi connectivity index (χ0v) is 14.2. The summed E-state index contributed by atoms with van der Waals surface area (Å²) in [5.74, 6) is -0.541. The minimum absolute atomic E-state index is 0.0163. The molecular weight excluding hydrogens is 332 g/mol. The van der Waals surface area contributed by atoms with Gasteiger partial charge in [-0.25, -0.2) is 0 Å². The first-order valence-electron chi connectivity index (χ1n) is 8.07. The molecule has 3 rings (SSSR count). The second kappa shape index (κ2) is 7.65. The fraction of sp³-hybridized carbons (Fsp3) is 0.150. The number of methoxy groups -OCH3 is 1. The van der Waals surface area contributed by atoms with E-state index in [-0.39, 0.29) is 12.3 Å². The van der Waals surface area contributed by atoms with Gasteiger partial charge in [0.05, 0.1) is 13.5 Å². The number of nitrogens with zero attached hydrogens (tertiary/aromatic N) is 1. The van der Waals surface area contributed by atoms with E-state index in [4.69, 9.17) is 9.84 Å². The third kappa shape index (κ3) is 3.97. The first kappa shape index (κ1) is 17.4. The van der Waals surface area contributed by atoms with Gasteiger partial charge in [0.25, 0.3) is 5.91 Å². The van der Waals surface area contributed by atoms with Gasteiger partial charge in [0, 0.05) is 23.7 Å². The molecule has 1 amide bonds. The fourth-order valence-corrected chi connectivity index (χ4v) is 2.68. The van der Waals surface area contributed by atoms with Crippen molar-refractivity contribution in [1.29, 1.82) is 0 Å². The average molecular weight is 350 g/mol. The molecule has 1 heterocycles. The number of benzene rings is 2. The van der Waals surface area contributed by atoms with Crippen molar-refractivity contribution < 1.29 is 19.4 Å². The molecule has 1 aromatic heterocycles. The summed E-state index contributed by atoms with van der Waals surface area (Å²) in [4.78, 5) is 27.5. The molecule has 0 radical (unpaired) electrons. The van der Waals surface area contributed by atoms with Gasteiger partial charge in [-0.3, -0.25) is 14.6 Å². The van der Waals surface area contributed by atoms with E-state index in [0.717, 1.165) is 16.5 Å². The normalized spacial score (nSPS) is 10.5. The number of pyridine rings is 1. The van der Waals surface area contributed by atoms with Crippen LogP contribution in [0.1, 0.15) is 21.5 Å². The zero-order chi connectivity index (χ0) is 18.5. The van der Waals surface area contributed by atoms with Crippen molar-refractivity contribution in [1.82, 2.24) is 10.3 Å². The third-order valence-electron chi connectivity index (χ3n) is 3.98. The summed E-state index contributed by atoms with van der Waals surface area (Å²) in [7, 11) is 1.55. The predicted molar refractivity (Wildman–Crippen MR) is 97.2 cm³/mol. The molecule has 132 valence electrons. The molecule has 0 atom stereocenters. The Balaban J connectivity index is 1.72. The lowest BCUT2D eigenvalue weighted by atomic mass is 10.1. The van der Waals surface area contributed by atoms with Crippen LogP contribution in [0, 0.1) is 0 Å². The van der Waals surface area contributed by atoms with Crippen molar-refractivity contribution in [2.75, 3.05) is 7.11 Å². The number of aromatic nitrogens is 1. The number of carboxylic acid groups (broad SMARTS) is 1. The second-order valence-corrected chi connectivity index (χ2v) is 5.82. The Hall–Kier alpha value is -3.41. The molecule has 26 heavy (non-hydrogen) atoms. The molecule has 0 fully saturated rings. The Bertz CT molecular complexity index is 952. The van der Waals surface area contributed by atoms with Crippen molar-refractivity contribution in [2.45, 2.75) is 13.0 Å². The summed E-state index contributed by atoms with van der Waals surface area (Å²) < 4.78 is 5.34. The van der Waals surface area contributed by atoms with Gasteiger partial charge in [0.1, 0.15) is 11.3 Å². The number of carbonyl (C=O) groups is 2. The molecule has 0 unspecified atom stereocenters. The van der Waals surface area contributed by atoms with Crippen molar-refractivity contribution >= 4 is 22.8 Å². The Labute approximate surface area is 150 Å². The lowest BCUT2D eigenvalue weighted by molar-refractivity contribution is -0.136. The van der Waals surface area contributed by atoms with Crippen LogP contribution in [0.4, 0.5) is 0 Å². The number of aliphatic carboxylic acids is 1. The van der Waals surface area contributed by atoms with Crippen LogP contribution in [-0.2, 0) is 17.8 Å². The van der Waals surface area contributed by atoms with Gasteiger partial charge < -0.3 is 15.2 Å². The van der Waals surface area contributed by atoms with Gasteiger partial charge in [0.15, 0.2) is 0 Å². The summed E-state index contributed by atoms with van der Waals surface area (Å²) in [6.07, 6.45) is 1.66. The molecular formula is C20H18N2O4. The Morgan fingerprint density at radius 2 is 1.85 bits per heavy atom. The monoisotopic (exact) mass is 350 g/mol. The molecule has 2 N–H and O–H groups in total. The lowest BCUT2D eigenvalue weighted by Gasteiger charge is -2.10. The maximum absolute atomic E-state index is 12.5. The van der Waals surface area contributed by atoms with E-state index in [2.05, 4.69) is 10.3 Å². The van der Waals surface area contributed by atoms with Crippen LogP contribution < -0.4 is 10.1 Å². The Morgan fingerprint density at radius 1 is 1.12 bits per heavy atom. The quantitative estimate of drug-likeness (QED) is 0.714. The first-order chi connectivity index (χ1) is 12.6. The van der Waals surface area contributed by atoms with Crippen LogP contribution in [0.5, 0.6) is 5.75 Å². The largest absolute Gasteiger partial charge is 0.494 e. The standard InChI is InChI=1S/C20H18N2O4/c1-26-17-11-16(10-15-3-2-8-21-19(15)17)20(25)22-12-14-6-4-13(5-7-14)9-18(23)24/h2-8,10-11H,9,12H2,1H3,(H,22,25)(H,23,24). The van der Waals surface area contributed by atoms with E-state index >= 15 is 0 Å². The highest BCUT2D eigenvalue weighted by molar-refractivity contribution is 5.99. The van der Waals surface area contributed by atoms with Gasteiger partial charge in [-0.05, 0) is 29.3 Å². The number of carbonyl (C=O) groups excluding carboxylic acids is 1. The first-order valence-corrected chi connectivity index (χ1v) is 8.07. The van der Waals surface area contributed by atoms with Crippen molar-refractivity contribution in [3.63, 3.8) is 0 Å². The molecule has 0 aliphatic carbocycles. The highest BCUT2D eigenvalue weighted by atomic mass is 16.5. The summed E-state index contributed by atoms with van der Waals surface area (Å²) in [5, 5.41) is 12.5. The molecule has 0 aliphatic heterocycles. The third-order valence-corrected chi connectivity index (χ3v) is 3.98. The summed E-state index contributed by atoms with van der Waals surface area (Å²) in [6, 6.07) is 14.2. The summed E-state index contributed by atoms with van der Waals surface area (Å²) in [6.45, 7) is 0.347. The summed E-state index contributed by atoms with van der Waals surface area (Å²) >= 11 is 0. The molecule has 0 saturated heterocycles. The number of ether oxygens (including phenoxy) is 1. The number of hydrogen-bond acceptors (Lipinski definition) is 4. The Morgan fingerprint density at radius 3 is 2.54 bits per heavy atom. The molecule has 6 nitrogen and oxygen atoms in total. The van der Waals surface area contributed by atoms with Crippen LogP contribution in [0.25, 0.3) is 10.9 Å². The van der Waals surface area contributed by atoms with E-state index in [0.29, 0.717) is 23.4 Å². The number of rotatable bonds is 6. The molecule has 3 aromatic rings. The van der Waals surface area contributed by atoms with Crippen molar-refractivity contribution in [3.8, 4) is 5.75 Å². The van der Waals surface area contributed by atoms with Crippen LogP contribution in [0.15, 0.2) is 54.7 Å². The van der Waals surface area contributed by atoms with E-state index in [1.165, 1.54) is 0 Å². The second-order valence-electron chi connectivity index (χ2n) is 5.82. The van der Waals surface area contributed by atoms with Crippen molar-refractivity contribution in [3.05, 3.63) is 71.4 Å².